The maximum absolute atomic E-state index is 11.1. The van der Waals surface area contributed by atoms with Gasteiger partial charge in [0.25, 0.3) is 0 Å². The van der Waals surface area contributed by atoms with Crippen LogP contribution in [0.3, 0.4) is 0 Å². The number of carbonyl (C=O) groups is 1. The van der Waals surface area contributed by atoms with E-state index in [-0.39, 0.29) is 5.97 Å². The van der Waals surface area contributed by atoms with Gasteiger partial charge in [-0.3, -0.25) is 4.79 Å². The van der Waals surface area contributed by atoms with Gasteiger partial charge in [0.2, 0.25) is 0 Å². The molecule has 1 heterocycles. The first-order chi connectivity index (χ1) is 6.83. The zero-order valence-electron chi connectivity index (χ0n) is 8.16. The standard InChI is InChI=1S/C9H14N2O2S/c1-2-3-6-13-8(12)7-14-9-10-4-5-11-9/h4-5H,2-3,6-7H2,1H3,(H,10,11). The molecule has 0 aliphatic heterocycles. The van der Waals surface area contributed by atoms with Crippen LogP contribution in [0.5, 0.6) is 0 Å². The summed E-state index contributed by atoms with van der Waals surface area (Å²) < 4.78 is 4.98. The Bertz CT molecular complexity index is 262. The molecule has 0 amide bonds. The summed E-state index contributed by atoms with van der Waals surface area (Å²) in [4.78, 5) is 18.0. The van der Waals surface area contributed by atoms with Gasteiger partial charge in [-0.25, -0.2) is 4.98 Å². The summed E-state index contributed by atoms with van der Waals surface area (Å²) in [5.41, 5.74) is 0. The monoisotopic (exact) mass is 214 g/mol. The van der Waals surface area contributed by atoms with Crippen LogP contribution in [-0.4, -0.2) is 28.3 Å². The van der Waals surface area contributed by atoms with Crippen LogP contribution in [0.4, 0.5) is 0 Å². The molecule has 0 atom stereocenters. The molecule has 1 aromatic heterocycles. The molecule has 0 aliphatic carbocycles. The topological polar surface area (TPSA) is 55.0 Å². The summed E-state index contributed by atoms with van der Waals surface area (Å²) in [5, 5.41) is 0.748. The van der Waals surface area contributed by atoms with E-state index < -0.39 is 0 Å². The second-order valence-electron chi connectivity index (χ2n) is 2.76. The normalized spacial score (nSPS) is 10.1. The minimum Gasteiger partial charge on any atom is -0.465 e. The maximum Gasteiger partial charge on any atom is 0.316 e. The van der Waals surface area contributed by atoms with Crippen molar-refractivity contribution in [1.29, 1.82) is 0 Å². The molecule has 1 aromatic rings. The molecule has 0 saturated heterocycles. The van der Waals surface area contributed by atoms with Gasteiger partial charge in [-0.05, 0) is 6.42 Å². The molecule has 4 nitrogen and oxygen atoms in total. The molecule has 1 N–H and O–H groups in total. The summed E-state index contributed by atoms with van der Waals surface area (Å²) in [5.74, 6) is 0.136. The maximum atomic E-state index is 11.1. The van der Waals surface area contributed by atoms with E-state index in [1.807, 2.05) is 0 Å². The minimum atomic E-state index is -0.181. The number of imidazole rings is 1. The number of nitrogens with zero attached hydrogens (tertiary/aromatic N) is 1. The first-order valence-corrected chi connectivity index (χ1v) is 5.59. The molecule has 0 saturated carbocycles. The van der Waals surface area contributed by atoms with Gasteiger partial charge < -0.3 is 9.72 Å². The fourth-order valence-corrected chi connectivity index (χ4v) is 1.45. The van der Waals surface area contributed by atoms with E-state index in [9.17, 15) is 4.79 Å². The number of thioether (sulfide) groups is 1. The summed E-state index contributed by atoms with van der Waals surface area (Å²) >= 11 is 1.35. The molecule has 78 valence electrons. The Morgan fingerprint density at radius 3 is 3.21 bits per heavy atom. The van der Waals surface area contributed by atoms with Gasteiger partial charge in [0.05, 0.1) is 12.4 Å². The zero-order valence-corrected chi connectivity index (χ0v) is 8.97. The number of nitrogens with one attached hydrogen (secondary N) is 1. The van der Waals surface area contributed by atoms with Crippen LogP contribution in [0.1, 0.15) is 19.8 Å². The van der Waals surface area contributed by atoms with Crippen molar-refractivity contribution in [3.8, 4) is 0 Å². The molecule has 0 spiro atoms. The Morgan fingerprint density at radius 2 is 2.57 bits per heavy atom. The van der Waals surface area contributed by atoms with Gasteiger partial charge in [-0.15, -0.1) is 0 Å². The molecule has 5 heteroatoms. The van der Waals surface area contributed by atoms with Crippen molar-refractivity contribution >= 4 is 17.7 Å². The number of esters is 1. The van der Waals surface area contributed by atoms with E-state index in [1.165, 1.54) is 11.8 Å². The molecule has 0 radical (unpaired) electrons. The second-order valence-corrected chi connectivity index (χ2v) is 3.72. The van der Waals surface area contributed by atoms with Crippen molar-refractivity contribution in [2.45, 2.75) is 24.9 Å². The van der Waals surface area contributed by atoms with Crippen molar-refractivity contribution < 1.29 is 9.53 Å². The third kappa shape index (κ3) is 4.32. The van der Waals surface area contributed by atoms with Crippen LogP contribution in [-0.2, 0) is 9.53 Å². The first kappa shape index (κ1) is 11.1. The predicted octanol–water partition coefficient (Wildman–Crippen LogP) is 1.85. The van der Waals surface area contributed by atoms with Gasteiger partial charge in [0.15, 0.2) is 5.16 Å². The number of hydrogen-bond donors (Lipinski definition) is 1. The number of ether oxygens (including phenoxy) is 1. The van der Waals surface area contributed by atoms with E-state index in [0.29, 0.717) is 12.4 Å². The summed E-state index contributed by atoms with van der Waals surface area (Å²) in [6, 6.07) is 0. The zero-order chi connectivity index (χ0) is 10.2. The molecule has 0 aromatic carbocycles. The molecule has 0 aliphatic rings. The van der Waals surface area contributed by atoms with Crippen LogP contribution in [0.2, 0.25) is 0 Å². The van der Waals surface area contributed by atoms with Crippen LogP contribution in [0.15, 0.2) is 17.6 Å². The highest BCUT2D eigenvalue weighted by Crippen LogP contribution is 2.11. The second kappa shape index (κ2) is 6.48. The fourth-order valence-electron chi connectivity index (χ4n) is 0.829. The quantitative estimate of drug-likeness (QED) is 0.446. The highest BCUT2D eigenvalue weighted by atomic mass is 32.2. The smallest absolute Gasteiger partial charge is 0.316 e. The van der Waals surface area contributed by atoms with E-state index in [1.54, 1.807) is 12.4 Å². The number of rotatable bonds is 6. The van der Waals surface area contributed by atoms with Gasteiger partial charge in [0, 0.05) is 12.4 Å². The predicted molar refractivity (Wildman–Crippen MR) is 55.2 cm³/mol. The number of aromatic nitrogens is 2. The van der Waals surface area contributed by atoms with Crippen molar-refractivity contribution in [3.05, 3.63) is 12.4 Å². The van der Waals surface area contributed by atoms with Crippen molar-refractivity contribution in [2.75, 3.05) is 12.4 Å². The Hall–Kier alpha value is -0.970. The van der Waals surface area contributed by atoms with Crippen molar-refractivity contribution in [2.24, 2.45) is 0 Å². The third-order valence-corrected chi connectivity index (χ3v) is 2.44. The van der Waals surface area contributed by atoms with E-state index in [4.69, 9.17) is 4.74 Å². The van der Waals surface area contributed by atoms with E-state index >= 15 is 0 Å². The average molecular weight is 214 g/mol. The average Bonchev–Trinajstić information content (AvgIpc) is 2.68. The van der Waals surface area contributed by atoms with Crippen LogP contribution in [0.25, 0.3) is 0 Å². The Morgan fingerprint density at radius 1 is 1.71 bits per heavy atom. The lowest BCUT2D eigenvalue weighted by atomic mass is 10.4. The van der Waals surface area contributed by atoms with Gasteiger partial charge in [0.1, 0.15) is 0 Å². The SMILES string of the molecule is CCCCOC(=O)CSc1ncc[nH]1. The van der Waals surface area contributed by atoms with Gasteiger partial charge >= 0.3 is 5.97 Å². The molecular formula is C9H14N2O2S. The van der Waals surface area contributed by atoms with E-state index in [2.05, 4.69) is 16.9 Å². The molecular weight excluding hydrogens is 200 g/mol. The van der Waals surface area contributed by atoms with Crippen molar-refractivity contribution in [3.63, 3.8) is 0 Å². The number of unbranched alkanes of at least 4 members (excludes halogenated alkanes) is 1. The summed E-state index contributed by atoms with van der Waals surface area (Å²) in [7, 11) is 0. The Balaban J connectivity index is 2.09. The number of carbonyl (C=O) groups excluding carboxylic acids is 1. The summed E-state index contributed by atoms with van der Waals surface area (Å²) in [6.07, 6.45) is 5.35. The lowest BCUT2D eigenvalue weighted by molar-refractivity contribution is -0.140. The molecule has 1 rings (SSSR count). The number of aromatic amines is 1. The molecule has 0 unspecified atom stereocenters. The van der Waals surface area contributed by atoms with Gasteiger partial charge in [-0.2, -0.15) is 0 Å². The fraction of sp³-hybridized carbons (Fsp3) is 0.556. The lowest BCUT2D eigenvalue weighted by Gasteiger charge is -2.01. The van der Waals surface area contributed by atoms with Crippen LogP contribution >= 0.6 is 11.8 Å². The highest BCUT2D eigenvalue weighted by molar-refractivity contribution is 7.99. The molecule has 0 fully saturated rings. The molecule has 14 heavy (non-hydrogen) atoms. The Labute approximate surface area is 87.4 Å². The minimum absolute atomic E-state index is 0.181. The number of H-pyrrole nitrogens is 1. The largest absolute Gasteiger partial charge is 0.465 e. The first-order valence-electron chi connectivity index (χ1n) is 4.60. The Kier molecular flexibility index (Phi) is 5.14. The summed E-state index contributed by atoms with van der Waals surface area (Å²) in [6.45, 7) is 2.58. The lowest BCUT2D eigenvalue weighted by Crippen LogP contribution is -2.08. The van der Waals surface area contributed by atoms with Crippen molar-refractivity contribution in [1.82, 2.24) is 9.97 Å². The van der Waals surface area contributed by atoms with Crippen LogP contribution in [0, 0.1) is 0 Å². The molecule has 0 bridgehead atoms. The number of hydrogen-bond acceptors (Lipinski definition) is 4. The highest BCUT2D eigenvalue weighted by Gasteiger charge is 2.04. The van der Waals surface area contributed by atoms with E-state index in [0.717, 1.165) is 18.0 Å². The van der Waals surface area contributed by atoms with Crippen LogP contribution < -0.4 is 0 Å². The third-order valence-electron chi connectivity index (χ3n) is 1.56. The van der Waals surface area contributed by atoms with Gasteiger partial charge in [-0.1, -0.05) is 25.1 Å².